The second-order valence-corrected chi connectivity index (χ2v) is 5.48. The van der Waals surface area contributed by atoms with Gasteiger partial charge in [0, 0.05) is 36.4 Å². The molecule has 3 aromatic rings. The summed E-state index contributed by atoms with van der Waals surface area (Å²) in [6, 6.07) is 8.00. The van der Waals surface area contributed by atoms with Gasteiger partial charge in [0.05, 0.1) is 6.20 Å². The van der Waals surface area contributed by atoms with Crippen molar-refractivity contribution < 1.29 is 4.74 Å². The van der Waals surface area contributed by atoms with E-state index in [1.807, 2.05) is 25.1 Å². The first kappa shape index (κ1) is 13.1. The zero-order valence-corrected chi connectivity index (χ0v) is 12.2. The summed E-state index contributed by atoms with van der Waals surface area (Å²) in [6.45, 7) is 2.67. The number of aromatic nitrogens is 3. The van der Waals surface area contributed by atoms with Gasteiger partial charge >= 0.3 is 0 Å². The predicted molar refractivity (Wildman–Crippen MR) is 80.3 cm³/mol. The summed E-state index contributed by atoms with van der Waals surface area (Å²) in [5.74, 6) is 0.927. The number of rotatable bonds is 5. The number of anilines is 1. The predicted octanol–water partition coefficient (Wildman–Crippen LogP) is 2.90. The molecule has 1 N–H and O–H groups in total. The summed E-state index contributed by atoms with van der Waals surface area (Å²) < 4.78 is 7.34. The molecule has 1 atom stereocenters. The van der Waals surface area contributed by atoms with Crippen molar-refractivity contribution in [1.82, 2.24) is 14.6 Å². The Labute approximate surface area is 121 Å². The molecule has 0 aliphatic rings. The van der Waals surface area contributed by atoms with Gasteiger partial charge in [0.25, 0.3) is 0 Å². The van der Waals surface area contributed by atoms with Crippen LogP contribution in [0.4, 0.5) is 5.82 Å². The lowest BCUT2D eigenvalue weighted by molar-refractivity contribution is 0.117. The minimum Gasteiger partial charge on any atom is -0.374 e. The SMILES string of the molecule is CO[C@H](CNc1cc(C)nc2ccnn12)c1cccs1. The van der Waals surface area contributed by atoms with Crippen molar-refractivity contribution in [2.45, 2.75) is 13.0 Å². The zero-order chi connectivity index (χ0) is 13.9. The monoisotopic (exact) mass is 288 g/mol. The van der Waals surface area contributed by atoms with E-state index in [0.717, 1.165) is 17.2 Å². The molecule has 3 heterocycles. The molecule has 6 heteroatoms. The molecule has 0 saturated carbocycles. The zero-order valence-electron chi connectivity index (χ0n) is 11.4. The molecule has 3 aromatic heterocycles. The third-order valence-electron chi connectivity index (χ3n) is 3.10. The van der Waals surface area contributed by atoms with Crippen molar-refractivity contribution in [3.63, 3.8) is 0 Å². The molecular formula is C14H16N4OS. The topological polar surface area (TPSA) is 51.5 Å². The lowest BCUT2D eigenvalue weighted by Crippen LogP contribution is -2.16. The van der Waals surface area contributed by atoms with E-state index in [1.165, 1.54) is 4.88 Å². The Morgan fingerprint density at radius 1 is 1.45 bits per heavy atom. The van der Waals surface area contributed by atoms with E-state index in [-0.39, 0.29) is 6.10 Å². The number of fused-ring (bicyclic) bond motifs is 1. The standard InChI is InChI=1S/C14H16N4OS/c1-10-8-14(18-13(17-10)5-6-16-18)15-9-11(19-2)12-4-3-7-20-12/h3-8,11,15H,9H2,1-2H3/t11-/m1/s1. The largest absolute Gasteiger partial charge is 0.374 e. The maximum atomic E-state index is 5.54. The number of nitrogens with one attached hydrogen (secondary N) is 1. The Morgan fingerprint density at radius 3 is 3.10 bits per heavy atom. The second kappa shape index (κ2) is 5.60. The van der Waals surface area contributed by atoms with Crippen LogP contribution in [0.2, 0.25) is 0 Å². The van der Waals surface area contributed by atoms with Crippen LogP contribution in [0, 0.1) is 6.92 Å². The van der Waals surface area contributed by atoms with Gasteiger partial charge in [-0.3, -0.25) is 0 Å². The number of nitrogens with zero attached hydrogens (tertiary/aromatic N) is 3. The molecule has 0 fully saturated rings. The molecule has 104 valence electrons. The smallest absolute Gasteiger partial charge is 0.157 e. The van der Waals surface area contributed by atoms with Gasteiger partial charge in [-0.25, -0.2) is 4.98 Å². The van der Waals surface area contributed by atoms with Crippen LogP contribution in [-0.2, 0) is 4.74 Å². The summed E-state index contributed by atoms with van der Waals surface area (Å²) >= 11 is 1.70. The molecule has 0 radical (unpaired) electrons. The quantitative estimate of drug-likeness (QED) is 0.784. The van der Waals surface area contributed by atoms with Gasteiger partial charge in [0.15, 0.2) is 5.65 Å². The fourth-order valence-corrected chi connectivity index (χ4v) is 2.94. The van der Waals surface area contributed by atoms with E-state index in [4.69, 9.17) is 4.74 Å². The van der Waals surface area contributed by atoms with Crippen LogP contribution in [0.25, 0.3) is 5.65 Å². The van der Waals surface area contributed by atoms with Crippen molar-refractivity contribution in [1.29, 1.82) is 0 Å². The highest BCUT2D eigenvalue weighted by atomic mass is 32.1. The van der Waals surface area contributed by atoms with E-state index in [9.17, 15) is 0 Å². The molecule has 5 nitrogen and oxygen atoms in total. The highest BCUT2D eigenvalue weighted by Crippen LogP contribution is 2.22. The maximum Gasteiger partial charge on any atom is 0.157 e. The summed E-state index contributed by atoms with van der Waals surface area (Å²) in [6.07, 6.45) is 1.79. The number of thiophene rings is 1. The van der Waals surface area contributed by atoms with Crippen molar-refractivity contribution in [2.75, 3.05) is 19.0 Å². The van der Waals surface area contributed by atoms with Crippen molar-refractivity contribution in [3.05, 3.63) is 46.4 Å². The normalized spacial score (nSPS) is 12.7. The van der Waals surface area contributed by atoms with E-state index in [0.29, 0.717) is 6.54 Å². The second-order valence-electron chi connectivity index (χ2n) is 4.50. The number of hydrogen-bond acceptors (Lipinski definition) is 5. The summed E-state index contributed by atoms with van der Waals surface area (Å²) in [7, 11) is 1.73. The Hall–Kier alpha value is -1.92. The van der Waals surface area contributed by atoms with Crippen molar-refractivity contribution >= 4 is 22.8 Å². The first-order valence-corrected chi connectivity index (χ1v) is 7.27. The van der Waals surface area contributed by atoms with E-state index >= 15 is 0 Å². The molecule has 0 unspecified atom stereocenters. The van der Waals surface area contributed by atoms with Crippen LogP contribution in [0.1, 0.15) is 16.7 Å². The molecule has 0 aliphatic carbocycles. The van der Waals surface area contributed by atoms with Gasteiger partial charge in [0.2, 0.25) is 0 Å². The number of methoxy groups -OCH3 is 1. The average Bonchev–Trinajstić information content (AvgIpc) is 3.09. The van der Waals surface area contributed by atoms with E-state index in [1.54, 1.807) is 29.2 Å². The Morgan fingerprint density at radius 2 is 2.35 bits per heavy atom. The average molecular weight is 288 g/mol. The van der Waals surface area contributed by atoms with Gasteiger partial charge in [-0.05, 0) is 18.4 Å². The molecule has 0 amide bonds. The maximum absolute atomic E-state index is 5.54. The Bertz CT molecular complexity index is 692. The minimum absolute atomic E-state index is 0.0362. The number of ether oxygens (including phenoxy) is 1. The van der Waals surface area contributed by atoms with Gasteiger partial charge in [-0.2, -0.15) is 9.61 Å². The third-order valence-corrected chi connectivity index (χ3v) is 4.07. The highest BCUT2D eigenvalue weighted by Gasteiger charge is 2.12. The van der Waals surface area contributed by atoms with Gasteiger partial charge < -0.3 is 10.1 Å². The molecule has 0 saturated heterocycles. The van der Waals surface area contributed by atoms with E-state index < -0.39 is 0 Å². The fourth-order valence-electron chi connectivity index (χ4n) is 2.14. The van der Waals surface area contributed by atoms with E-state index in [2.05, 4.69) is 26.8 Å². The molecular weight excluding hydrogens is 272 g/mol. The first-order chi connectivity index (χ1) is 9.78. The third kappa shape index (κ3) is 2.52. The fraction of sp³-hybridized carbons (Fsp3) is 0.286. The minimum atomic E-state index is 0.0362. The molecule has 0 spiro atoms. The van der Waals surface area contributed by atoms with Crippen LogP contribution in [0.15, 0.2) is 35.8 Å². The Balaban J connectivity index is 1.81. The Kier molecular flexibility index (Phi) is 3.66. The lowest BCUT2D eigenvalue weighted by Gasteiger charge is -2.16. The molecule has 3 rings (SSSR count). The number of hydrogen-bond donors (Lipinski definition) is 1. The van der Waals surface area contributed by atoms with Gasteiger partial charge in [-0.15, -0.1) is 11.3 Å². The summed E-state index contributed by atoms with van der Waals surface area (Å²) in [5, 5.41) is 9.73. The van der Waals surface area contributed by atoms with Gasteiger partial charge in [-0.1, -0.05) is 6.07 Å². The van der Waals surface area contributed by atoms with Crippen LogP contribution in [-0.4, -0.2) is 28.3 Å². The lowest BCUT2D eigenvalue weighted by atomic mass is 10.3. The molecule has 0 bridgehead atoms. The van der Waals surface area contributed by atoms with Crippen LogP contribution in [0.3, 0.4) is 0 Å². The van der Waals surface area contributed by atoms with Crippen molar-refractivity contribution in [3.8, 4) is 0 Å². The van der Waals surface area contributed by atoms with Crippen LogP contribution < -0.4 is 5.32 Å². The summed E-state index contributed by atoms with van der Waals surface area (Å²) in [4.78, 5) is 5.64. The van der Waals surface area contributed by atoms with Crippen LogP contribution in [0.5, 0.6) is 0 Å². The number of aryl methyl sites for hydroxylation is 1. The van der Waals surface area contributed by atoms with Crippen LogP contribution >= 0.6 is 11.3 Å². The first-order valence-electron chi connectivity index (χ1n) is 6.39. The van der Waals surface area contributed by atoms with Gasteiger partial charge in [0.1, 0.15) is 11.9 Å². The van der Waals surface area contributed by atoms with Crippen molar-refractivity contribution in [2.24, 2.45) is 0 Å². The molecule has 0 aromatic carbocycles. The summed E-state index contributed by atoms with van der Waals surface area (Å²) in [5.41, 5.74) is 1.81. The molecule has 0 aliphatic heterocycles. The highest BCUT2D eigenvalue weighted by molar-refractivity contribution is 7.10. The molecule has 20 heavy (non-hydrogen) atoms.